The van der Waals surface area contributed by atoms with Crippen LogP contribution in [0.3, 0.4) is 0 Å². The lowest BCUT2D eigenvalue weighted by molar-refractivity contribution is -0.122. The van der Waals surface area contributed by atoms with Crippen LogP contribution in [-0.2, 0) is 15.1 Å². The molecule has 6 nitrogen and oxygen atoms in total. The Labute approximate surface area is 148 Å². The largest absolute Gasteiger partial charge is 0.367 e. The summed E-state index contributed by atoms with van der Waals surface area (Å²) in [5.41, 5.74) is 7.73. The number of rotatable bonds is 4. The lowest BCUT2D eigenvalue weighted by Gasteiger charge is -2.48. The van der Waals surface area contributed by atoms with Crippen LogP contribution in [0.5, 0.6) is 0 Å². The quantitative estimate of drug-likeness (QED) is 0.889. The Morgan fingerprint density at radius 3 is 2.44 bits per heavy atom. The maximum Gasteiger partial charge on any atom is 0.255 e. The highest BCUT2D eigenvalue weighted by molar-refractivity contribution is 6.06. The van der Waals surface area contributed by atoms with Gasteiger partial charge in [-0.3, -0.25) is 24.3 Å². The second-order valence-corrected chi connectivity index (χ2v) is 7.52. The molecule has 2 aliphatic heterocycles. The lowest BCUT2D eigenvalue weighted by atomic mass is 9.71. The van der Waals surface area contributed by atoms with Crippen molar-refractivity contribution in [1.29, 1.82) is 0 Å². The van der Waals surface area contributed by atoms with E-state index in [2.05, 4.69) is 31.1 Å². The average Bonchev–Trinajstić information content (AvgIpc) is 3.08. The molecular formula is C19H25N4O2. The summed E-state index contributed by atoms with van der Waals surface area (Å²) in [6, 6.07) is 7.76. The SMILES string of the molecule is CN(C)C1(c2ccc(N3C(=O)[C@@H]4[CH]CCN4C3C(N)=O)cc2)CCC1. The highest BCUT2D eigenvalue weighted by Gasteiger charge is 2.51. The third-order valence-corrected chi connectivity index (χ3v) is 6.16. The summed E-state index contributed by atoms with van der Waals surface area (Å²) in [7, 11) is 4.23. The van der Waals surface area contributed by atoms with Crippen molar-refractivity contribution >= 4 is 17.5 Å². The molecule has 2 saturated heterocycles. The number of fused-ring (bicyclic) bond motifs is 1. The van der Waals surface area contributed by atoms with Gasteiger partial charge in [0.1, 0.15) is 0 Å². The molecular weight excluding hydrogens is 316 g/mol. The van der Waals surface area contributed by atoms with Crippen molar-refractivity contribution in [3.05, 3.63) is 36.2 Å². The van der Waals surface area contributed by atoms with Gasteiger partial charge in [-0.05, 0) is 63.9 Å². The fourth-order valence-corrected chi connectivity index (χ4v) is 4.58. The Balaban J connectivity index is 1.65. The van der Waals surface area contributed by atoms with Crippen molar-refractivity contribution in [2.45, 2.75) is 43.4 Å². The van der Waals surface area contributed by atoms with Crippen molar-refractivity contribution in [1.82, 2.24) is 9.80 Å². The molecule has 1 saturated carbocycles. The molecule has 6 heteroatoms. The summed E-state index contributed by atoms with van der Waals surface area (Å²) in [6.07, 6.45) is 5.64. The van der Waals surface area contributed by atoms with Gasteiger partial charge in [-0.25, -0.2) is 0 Å². The molecule has 1 aromatic carbocycles. The van der Waals surface area contributed by atoms with Crippen molar-refractivity contribution < 1.29 is 9.59 Å². The standard InChI is InChI=1S/C19H25N4O2/c1-21(2)19(10-4-11-19)13-6-8-14(9-7-13)23-17(16(20)24)22-12-3-5-15(22)18(23)25/h5-9,15,17H,3-4,10-12H2,1-2H3,(H2,20,24)/t15-,17?/m0/s1. The first kappa shape index (κ1) is 16.5. The smallest absolute Gasteiger partial charge is 0.255 e. The zero-order valence-corrected chi connectivity index (χ0v) is 14.8. The summed E-state index contributed by atoms with van der Waals surface area (Å²) >= 11 is 0. The molecule has 1 unspecified atom stereocenters. The molecule has 2 atom stereocenters. The molecule has 2 N–H and O–H groups in total. The van der Waals surface area contributed by atoms with Gasteiger partial charge in [0.2, 0.25) is 5.91 Å². The fraction of sp³-hybridized carbons (Fsp3) is 0.526. The van der Waals surface area contributed by atoms with Crippen LogP contribution in [-0.4, -0.2) is 54.5 Å². The minimum atomic E-state index is -0.686. The summed E-state index contributed by atoms with van der Waals surface area (Å²) in [5, 5.41) is 0. The Morgan fingerprint density at radius 2 is 1.92 bits per heavy atom. The first-order chi connectivity index (χ1) is 12.0. The minimum Gasteiger partial charge on any atom is -0.367 e. The van der Waals surface area contributed by atoms with E-state index in [1.807, 2.05) is 23.5 Å². The van der Waals surface area contributed by atoms with E-state index >= 15 is 0 Å². The number of carbonyl (C=O) groups excluding carboxylic acids is 2. The van der Waals surface area contributed by atoms with Crippen LogP contribution < -0.4 is 10.6 Å². The molecule has 2 amide bonds. The van der Waals surface area contributed by atoms with Crippen LogP contribution in [0.1, 0.15) is 31.2 Å². The van der Waals surface area contributed by atoms with E-state index in [0.29, 0.717) is 6.54 Å². The maximum absolute atomic E-state index is 12.8. The predicted octanol–water partition coefficient (Wildman–Crippen LogP) is 1.06. The Bertz CT molecular complexity index is 696. The summed E-state index contributed by atoms with van der Waals surface area (Å²) in [5.74, 6) is -0.529. The molecule has 0 spiro atoms. The van der Waals surface area contributed by atoms with E-state index in [9.17, 15) is 9.59 Å². The number of hydrogen-bond donors (Lipinski definition) is 1. The molecule has 0 bridgehead atoms. The van der Waals surface area contributed by atoms with E-state index in [0.717, 1.165) is 24.9 Å². The molecule has 1 aliphatic carbocycles. The third kappa shape index (κ3) is 2.31. The molecule has 3 fully saturated rings. The van der Waals surface area contributed by atoms with Gasteiger partial charge in [0.05, 0.1) is 6.04 Å². The molecule has 2 heterocycles. The van der Waals surface area contributed by atoms with Crippen molar-refractivity contribution in [2.75, 3.05) is 25.5 Å². The predicted molar refractivity (Wildman–Crippen MR) is 95.5 cm³/mol. The number of nitrogens with two attached hydrogens (primary N) is 1. The highest BCUT2D eigenvalue weighted by Crippen LogP contribution is 2.45. The molecule has 3 aliphatic rings. The zero-order valence-electron chi connectivity index (χ0n) is 14.8. The number of nitrogens with zero attached hydrogens (tertiary/aromatic N) is 3. The van der Waals surface area contributed by atoms with Crippen LogP contribution >= 0.6 is 0 Å². The zero-order chi connectivity index (χ0) is 17.8. The monoisotopic (exact) mass is 341 g/mol. The van der Waals surface area contributed by atoms with Crippen LogP contribution in [0, 0.1) is 6.42 Å². The second-order valence-electron chi connectivity index (χ2n) is 7.52. The number of hydrogen-bond acceptors (Lipinski definition) is 4. The number of carbonyl (C=O) groups is 2. The molecule has 0 aromatic heterocycles. The average molecular weight is 341 g/mol. The number of benzene rings is 1. The van der Waals surface area contributed by atoms with Crippen LogP contribution in [0.15, 0.2) is 24.3 Å². The molecule has 25 heavy (non-hydrogen) atoms. The minimum absolute atomic E-state index is 0.0555. The van der Waals surface area contributed by atoms with E-state index in [-0.39, 0.29) is 17.5 Å². The van der Waals surface area contributed by atoms with Crippen LogP contribution in [0.2, 0.25) is 0 Å². The Kier molecular flexibility index (Phi) is 3.85. The third-order valence-electron chi connectivity index (χ3n) is 6.16. The first-order valence-electron chi connectivity index (χ1n) is 8.95. The van der Waals surface area contributed by atoms with Gasteiger partial charge < -0.3 is 5.73 Å². The Morgan fingerprint density at radius 1 is 1.24 bits per heavy atom. The van der Waals surface area contributed by atoms with E-state index in [1.165, 1.54) is 12.0 Å². The van der Waals surface area contributed by atoms with E-state index in [1.54, 1.807) is 4.90 Å². The molecule has 1 aromatic rings. The fourth-order valence-electron chi connectivity index (χ4n) is 4.58. The van der Waals surface area contributed by atoms with Gasteiger partial charge >= 0.3 is 0 Å². The summed E-state index contributed by atoms with van der Waals surface area (Å²) in [4.78, 5) is 30.5. The van der Waals surface area contributed by atoms with Gasteiger partial charge in [0.25, 0.3) is 5.91 Å². The first-order valence-corrected chi connectivity index (χ1v) is 8.95. The van der Waals surface area contributed by atoms with Crippen molar-refractivity contribution in [3.63, 3.8) is 0 Å². The lowest BCUT2D eigenvalue weighted by Crippen LogP contribution is -2.49. The van der Waals surface area contributed by atoms with Crippen molar-refractivity contribution in [3.8, 4) is 0 Å². The van der Waals surface area contributed by atoms with Gasteiger partial charge in [-0.15, -0.1) is 0 Å². The molecule has 1 radical (unpaired) electrons. The number of amides is 2. The van der Waals surface area contributed by atoms with Gasteiger partial charge in [0.15, 0.2) is 6.17 Å². The topological polar surface area (TPSA) is 69.9 Å². The van der Waals surface area contributed by atoms with E-state index < -0.39 is 12.1 Å². The summed E-state index contributed by atoms with van der Waals surface area (Å²) in [6.45, 7) is 0.697. The normalized spacial score (nSPS) is 28.3. The molecule has 4 rings (SSSR count). The van der Waals surface area contributed by atoms with Gasteiger partial charge in [-0.1, -0.05) is 12.1 Å². The Hall–Kier alpha value is -1.92. The number of primary amides is 1. The molecule has 133 valence electrons. The van der Waals surface area contributed by atoms with E-state index in [4.69, 9.17) is 5.73 Å². The second kappa shape index (κ2) is 5.81. The van der Waals surface area contributed by atoms with Gasteiger partial charge in [-0.2, -0.15) is 0 Å². The number of anilines is 1. The summed E-state index contributed by atoms with van der Waals surface area (Å²) < 4.78 is 0. The van der Waals surface area contributed by atoms with Crippen LogP contribution in [0.4, 0.5) is 5.69 Å². The highest BCUT2D eigenvalue weighted by atomic mass is 16.2. The van der Waals surface area contributed by atoms with Crippen LogP contribution in [0.25, 0.3) is 0 Å². The maximum atomic E-state index is 12.8. The van der Waals surface area contributed by atoms with Crippen molar-refractivity contribution in [2.24, 2.45) is 5.73 Å². The van der Waals surface area contributed by atoms with Gasteiger partial charge in [0, 0.05) is 17.8 Å².